The number of fused-ring (bicyclic) bond motifs is 1. The van der Waals surface area contributed by atoms with Crippen LogP contribution in [0.4, 0.5) is 0 Å². The van der Waals surface area contributed by atoms with Gasteiger partial charge in [-0.05, 0) is 17.7 Å². The Kier molecular flexibility index (Phi) is 1.36. The smallest absolute Gasteiger partial charge is 0.167 e. The molecule has 0 amide bonds. The van der Waals surface area contributed by atoms with Crippen LogP contribution in [0.5, 0.6) is 0 Å². The molecule has 11 heavy (non-hydrogen) atoms. The van der Waals surface area contributed by atoms with Crippen LogP contribution in [0.15, 0.2) is 28.9 Å². The molecular formula is C8H7NO2. The van der Waals surface area contributed by atoms with Gasteiger partial charge in [-0.1, -0.05) is 11.2 Å². The van der Waals surface area contributed by atoms with E-state index in [1.54, 1.807) is 12.3 Å². The molecule has 1 heterocycles. The Hall–Kier alpha value is -1.35. The molecule has 1 aromatic carbocycles. The van der Waals surface area contributed by atoms with Gasteiger partial charge in [-0.2, -0.15) is 0 Å². The lowest BCUT2D eigenvalue weighted by atomic mass is 10.2. The zero-order valence-corrected chi connectivity index (χ0v) is 5.82. The molecule has 0 radical (unpaired) electrons. The van der Waals surface area contributed by atoms with Crippen LogP contribution < -0.4 is 0 Å². The zero-order valence-electron chi connectivity index (χ0n) is 5.82. The van der Waals surface area contributed by atoms with Gasteiger partial charge in [-0.25, -0.2) is 0 Å². The number of rotatable bonds is 1. The first-order valence-corrected chi connectivity index (χ1v) is 3.34. The number of benzene rings is 1. The van der Waals surface area contributed by atoms with Gasteiger partial charge in [0.25, 0.3) is 0 Å². The largest absolute Gasteiger partial charge is 0.392 e. The quantitative estimate of drug-likeness (QED) is 0.665. The van der Waals surface area contributed by atoms with Crippen LogP contribution in [0.1, 0.15) is 5.56 Å². The summed E-state index contributed by atoms with van der Waals surface area (Å²) in [7, 11) is 0. The summed E-state index contributed by atoms with van der Waals surface area (Å²) in [5, 5.41) is 13.4. The fourth-order valence-corrected chi connectivity index (χ4v) is 1.00. The van der Waals surface area contributed by atoms with Crippen molar-refractivity contribution in [2.45, 2.75) is 6.61 Å². The van der Waals surface area contributed by atoms with Crippen molar-refractivity contribution in [1.82, 2.24) is 5.16 Å². The van der Waals surface area contributed by atoms with Gasteiger partial charge in [0.05, 0.1) is 12.8 Å². The minimum atomic E-state index is 0.0383. The lowest BCUT2D eigenvalue weighted by Gasteiger charge is -1.92. The molecule has 0 saturated carbocycles. The number of aliphatic hydroxyl groups excluding tert-OH is 1. The molecule has 3 nitrogen and oxygen atoms in total. The van der Waals surface area contributed by atoms with Gasteiger partial charge in [0.15, 0.2) is 5.58 Å². The molecule has 0 aliphatic heterocycles. The molecule has 2 aromatic rings. The highest BCUT2D eigenvalue weighted by molar-refractivity contribution is 5.76. The van der Waals surface area contributed by atoms with E-state index in [0.29, 0.717) is 0 Å². The monoisotopic (exact) mass is 149 g/mol. The average Bonchev–Trinajstić information content (AvgIpc) is 2.50. The van der Waals surface area contributed by atoms with E-state index in [-0.39, 0.29) is 6.61 Å². The van der Waals surface area contributed by atoms with Gasteiger partial charge in [0.2, 0.25) is 0 Å². The summed E-state index contributed by atoms with van der Waals surface area (Å²) in [6, 6.07) is 5.50. The summed E-state index contributed by atoms with van der Waals surface area (Å²) in [6.45, 7) is 0.0383. The van der Waals surface area contributed by atoms with Gasteiger partial charge < -0.3 is 9.63 Å². The minimum Gasteiger partial charge on any atom is -0.392 e. The Labute approximate surface area is 63.2 Å². The summed E-state index contributed by atoms with van der Waals surface area (Å²) < 4.78 is 4.90. The summed E-state index contributed by atoms with van der Waals surface area (Å²) in [5.41, 5.74) is 1.56. The normalized spacial score (nSPS) is 10.6. The highest BCUT2D eigenvalue weighted by Gasteiger charge is 1.97. The van der Waals surface area contributed by atoms with Crippen molar-refractivity contribution in [2.24, 2.45) is 0 Å². The molecule has 1 N–H and O–H groups in total. The molecule has 0 bridgehead atoms. The van der Waals surface area contributed by atoms with Crippen LogP contribution >= 0.6 is 0 Å². The van der Waals surface area contributed by atoms with Gasteiger partial charge in [-0.15, -0.1) is 0 Å². The van der Waals surface area contributed by atoms with Crippen molar-refractivity contribution < 1.29 is 9.63 Å². The predicted molar refractivity (Wildman–Crippen MR) is 39.9 cm³/mol. The van der Waals surface area contributed by atoms with E-state index in [1.165, 1.54) is 0 Å². The summed E-state index contributed by atoms with van der Waals surface area (Å²) >= 11 is 0. The van der Waals surface area contributed by atoms with Crippen molar-refractivity contribution in [3.05, 3.63) is 30.0 Å². The average molecular weight is 149 g/mol. The predicted octanol–water partition coefficient (Wildman–Crippen LogP) is 1.32. The van der Waals surface area contributed by atoms with E-state index < -0.39 is 0 Å². The van der Waals surface area contributed by atoms with Crippen molar-refractivity contribution >= 4 is 11.0 Å². The second-order valence-corrected chi connectivity index (χ2v) is 2.36. The van der Waals surface area contributed by atoms with Crippen LogP contribution in [0.2, 0.25) is 0 Å². The van der Waals surface area contributed by atoms with Crippen LogP contribution in [-0.2, 0) is 6.61 Å². The van der Waals surface area contributed by atoms with Gasteiger partial charge >= 0.3 is 0 Å². The Bertz CT molecular complexity index is 367. The number of aliphatic hydroxyl groups is 1. The molecule has 0 aliphatic rings. The summed E-state index contributed by atoms with van der Waals surface area (Å²) in [4.78, 5) is 0. The minimum absolute atomic E-state index is 0.0383. The van der Waals surface area contributed by atoms with Crippen molar-refractivity contribution in [3.63, 3.8) is 0 Å². The third-order valence-electron chi connectivity index (χ3n) is 1.60. The van der Waals surface area contributed by atoms with Gasteiger partial charge in [-0.3, -0.25) is 0 Å². The molecule has 3 heteroatoms. The van der Waals surface area contributed by atoms with Gasteiger partial charge in [0, 0.05) is 5.39 Å². The van der Waals surface area contributed by atoms with E-state index >= 15 is 0 Å². The standard InChI is InChI=1S/C8H7NO2/c10-5-6-1-2-7-4-9-11-8(7)3-6/h1-4,10H,5H2. The first-order valence-electron chi connectivity index (χ1n) is 3.34. The van der Waals surface area contributed by atoms with Crippen LogP contribution in [0, 0.1) is 0 Å². The van der Waals surface area contributed by atoms with Crippen molar-refractivity contribution in [3.8, 4) is 0 Å². The second-order valence-electron chi connectivity index (χ2n) is 2.36. The maximum absolute atomic E-state index is 8.77. The van der Waals surface area contributed by atoms with Crippen LogP contribution in [0.25, 0.3) is 11.0 Å². The van der Waals surface area contributed by atoms with Crippen molar-refractivity contribution in [2.75, 3.05) is 0 Å². The van der Waals surface area contributed by atoms with E-state index in [4.69, 9.17) is 9.63 Å². The molecule has 56 valence electrons. The van der Waals surface area contributed by atoms with E-state index in [9.17, 15) is 0 Å². The van der Waals surface area contributed by atoms with E-state index in [0.717, 1.165) is 16.5 Å². The number of hydrogen-bond donors (Lipinski definition) is 1. The maximum Gasteiger partial charge on any atom is 0.167 e. The topological polar surface area (TPSA) is 46.3 Å². The van der Waals surface area contributed by atoms with E-state index in [1.807, 2.05) is 12.1 Å². The molecule has 0 saturated heterocycles. The lowest BCUT2D eigenvalue weighted by Crippen LogP contribution is -1.79. The Morgan fingerprint density at radius 1 is 1.45 bits per heavy atom. The third kappa shape index (κ3) is 0.991. The molecule has 0 unspecified atom stereocenters. The number of aromatic nitrogens is 1. The maximum atomic E-state index is 8.77. The summed E-state index contributed by atoms with van der Waals surface area (Å²) in [6.07, 6.45) is 1.65. The Morgan fingerprint density at radius 3 is 3.18 bits per heavy atom. The fourth-order valence-electron chi connectivity index (χ4n) is 1.00. The summed E-state index contributed by atoms with van der Waals surface area (Å²) in [5.74, 6) is 0. The van der Waals surface area contributed by atoms with Crippen LogP contribution in [-0.4, -0.2) is 10.3 Å². The molecule has 1 aromatic heterocycles. The zero-order chi connectivity index (χ0) is 7.68. The highest BCUT2D eigenvalue weighted by atomic mass is 16.5. The van der Waals surface area contributed by atoms with Crippen LogP contribution in [0.3, 0.4) is 0 Å². The third-order valence-corrected chi connectivity index (χ3v) is 1.60. The fraction of sp³-hybridized carbons (Fsp3) is 0.125. The lowest BCUT2D eigenvalue weighted by molar-refractivity contribution is 0.281. The molecule has 0 spiro atoms. The van der Waals surface area contributed by atoms with Crippen molar-refractivity contribution in [1.29, 1.82) is 0 Å². The molecule has 2 rings (SSSR count). The Morgan fingerprint density at radius 2 is 2.36 bits per heavy atom. The number of nitrogens with zero attached hydrogens (tertiary/aromatic N) is 1. The number of hydrogen-bond acceptors (Lipinski definition) is 3. The first-order chi connectivity index (χ1) is 5.40. The second kappa shape index (κ2) is 2.36. The molecule has 0 aliphatic carbocycles. The molecule has 0 atom stereocenters. The first kappa shape index (κ1) is 6.37. The molecule has 0 fully saturated rings. The molecular weight excluding hydrogens is 142 g/mol. The SMILES string of the molecule is OCc1ccc2cnoc2c1. The van der Waals surface area contributed by atoms with E-state index in [2.05, 4.69) is 5.16 Å². The van der Waals surface area contributed by atoms with Gasteiger partial charge in [0.1, 0.15) is 0 Å². The Balaban J connectivity index is 2.67. The highest BCUT2D eigenvalue weighted by Crippen LogP contribution is 2.14.